The van der Waals surface area contributed by atoms with Crippen molar-refractivity contribution in [2.75, 3.05) is 17.6 Å². The molecule has 1 rings (SSSR count). The molecule has 0 amide bonds. The van der Waals surface area contributed by atoms with Crippen LogP contribution in [0.15, 0.2) is 12.1 Å². The average molecular weight is 281 g/mol. The number of hydrogen-bond acceptors (Lipinski definition) is 5. The number of rotatable bonds is 5. The van der Waals surface area contributed by atoms with E-state index in [9.17, 15) is 13.2 Å². The van der Waals surface area contributed by atoms with Gasteiger partial charge in [0.2, 0.25) is 10.0 Å². The summed E-state index contributed by atoms with van der Waals surface area (Å²) < 4.78 is 28.7. The number of anilines is 1. The number of halogens is 1. The minimum atomic E-state index is -3.44. The molecule has 0 aliphatic rings. The number of ether oxygens (including phenoxy) is 1. The first kappa shape index (κ1) is 13.5. The molecule has 1 aromatic rings. The molecule has 1 heterocycles. The maximum absolute atomic E-state index is 10.9. The predicted octanol–water partition coefficient (Wildman–Crippen LogP) is 0.570. The van der Waals surface area contributed by atoms with Gasteiger partial charge in [-0.25, -0.2) is 18.2 Å². The monoisotopic (exact) mass is 280 g/mol. The van der Waals surface area contributed by atoms with Crippen molar-refractivity contribution in [1.29, 1.82) is 0 Å². The summed E-state index contributed by atoms with van der Waals surface area (Å²) in [6.07, 6.45) is 0.970. The van der Waals surface area contributed by atoms with Crippen LogP contribution in [0, 0.1) is 0 Å². The standard InChI is InChI=1S/C8H9ClN2O5S/c1-17(14,15)11-6-3-2-5(8(9)10-6)16-4-7(12)13/h2-3H,4H2,1H3,(H,10,11)(H,12,13). The van der Waals surface area contributed by atoms with Gasteiger partial charge in [-0.3, -0.25) is 4.72 Å². The molecule has 1 aromatic heterocycles. The summed E-state index contributed by atoms with van der Waals surface area (Å²) >= 11 is 5.68. The molecular formula is C8H9ClN2O5S. The van der Waals surface area contributed by atoms with E-state index in [1.807, 2.05) is 0 Å². The molecule has 0 atom stereocenters. The van der Waals surface area contributed by atoms with Crippen LogP contribution in [-0.2, 0) is 14.8 Å². The van der Waals surface area contributed by atoms with Crippen LogP contribution in [0.3, 0.4) is 0 Å². The highest BCUT2D eigenvalue weighted by Gasteiger charge is 2.09. The highest BCUT2D eigenvalue weighted by molar-refractivity contribution is 7.92. The van der Waals surface area contributed by atoms with Crippen LogP contribution in [0.4, 0.5) is 5.82 Å². The van der Waals surface area contributed by atoms with E-state index in [2.05, 4.69) is 9.71 Å². The molecule has 17 heavy (non-hydrogen) atoms. The summed E-state index contributed by atoms with van der Waals surface area (Å²) in [5, 5.41) is 8.27. The molecule has 0 saturated heterocycles. The number of nitrogens with zero attached hydrogens (tertiary/aromatic N) is 1. The third kappa shape index (κ3) is 4.87. The summed E-state index contributed by atoms with van der Waals surface area (Å²) in [4.78, 5) is 14.0. The molecule has 94 valence electrons. The zero-order chi connectivity index (χ0) is 13.1. The van der Waals surface area contributed by atoms with Gasteiger partial charge in [-0.1, -0.05) is 11.6 Å². The van der Waals surface area contributed by atoms with Crippen molar-refractivity contribution in [2.45, 2.75) is 0 Å². The molecule has 9 heteroatoms. The van der Waals surface area contributed by atoms with Gasteiger partial charge in [0.05, 0.1) is 6.26 Å². The summed E-state index contributed by atoms with van der Waals surface area (Å²) in [6.45, 7) is -0.555. The number of sulfonamides is 1. The smallest absolute Gasteiger partial charge is 0.341 e. The molecule has 0 saturated carbocycles. The van der Waals surface area contributed by atoms with Crippen molar-refractivity contribution in [2.24, 2.45) is 0 Å². The Morgan fingerprint density at radius 3 is 2.71 bits per heavy atom. The number of hydrogen-bond donors (Lipinski definition) is 2. The van der Waals surface area contributed by atoms with Crippen molar-refractivity contribution in [3.05, 3.63) is 17.3 Å². The van der Waals surface area contributed by atoms with Gasteiger partial charge >= 0.3 is 5.97 Å². The molecule has 2 N–H and O–H groups in total. The molecule has 0 bridgehead atoms. The Labute approximate surface area is 102 Å². The highest BCUT2D eigenvalue weighted by Crippen LogP contribution is 2.24. The largest absolute Gasteiger partial charge is 0.479 e. The van der Waals surface area contributed by atoms with Crippen LogP contribution in [-0.4, -0.2) is 37.3 Å². The van der Waals surface area contributed by atoms with Crippen molar-refractivity contribution >= 4 is 33.4 Å². The molecule has 0 aromatic carbocycles. The molecule has 0 aliphatic heterocycles. The molecule has 0 aliphatic carbocycles. The predicted molar refractivity (Wildman–Crippen MR) is 60.8 cm³/mol. The fourth-order valence-corrected chi connectivity index (χ4v) is 1.62. The molecule has 0 spiro atoms. The zero-order valence-corrected chi connectivity index (χ0v) is 10.2. The maximum atomic E-state index is 10.9. The first-order chi connectivity index (χ1) is 7.78. The minimum Gasteiger partial charge on any atom is -0.479 e. The van der Waals surface area contributed by atoms with E-state index in [1.165, 1.54) is 12.1 Å². The second-order valence-electron chi connectivity index (χ2n) is 3.04. The zero-order valence-electron chi connectivity index (χ0n) is 8.68. The second kappa shape index (κ2) is 5.19. The first-order valence-electron chi connectivity index (χ1n) is 4.27. The van der Waals surface area contributed by atoms with Crippen molar-refractivity contribution < 1.29 is 23.1 Å². The average Bonchev–Trinajstić information content (AvgIpc) is 2.13. The number of nitrogens with one attached hydrogen (secondary N) is 1. The Morgan fingerprint density at radius 1 is 1.59 bits per heavy atom. The quantitative estimate of drug-likeness (QED) is 0.764. The molecule has 0 unspecified atom stereocenters. The van der Waals surface area contributed by atoms with Gasteiger partial charge in [-0.2, -0.15) is 0 Å². The summed E-state index contributed by atoms with van der Waals surface area (Å²) in [5.74, 6) is -1.06. The van der Waals surface area contributed by atoms with E-state index >= 15 is 0 Å². The Hall–Kier alpha value is -1.54. The first-order valence-corrected chi connectivity index (χ1v) is 6.54. The van der Waals surface area contributed by atoms with Crippen LogP contribution in [0.2, 0.25) is 5.15 Å². The fourth-order valence-electron chi connectivity index (χ4n) is 0.915. The van der Waals surface area contributed by atoms with Gasteiger partial charge in [0, 0.05) is 0 Å². The lowest BCUT2D eigenvalue weighted by Crippen LogP contribution is -2.12. The lowest BCUT2D eigenvalue weighted by Gasteiger charge is -2.07. The number of aromatic nitrogens is 1. The lowest BCUT2D eigenvalue weighted by atomic mass is 10.4. The third-order valence-corrected chi connectivity index (χ3v) is 2.31. The topological polar surface area (TPSA) is 106 Å². The van der Waals surface area contributed by atoms with Gasteiger partial charge in [0.25, 0.3) is 0 Å². The van der Waals surface area contributed by atoms with E-state index in [0.29, 0.717) is 0 Å². The van der Waals surface area contributed by atoms with E-state index < -0.39 is 22.6 Å². The van der Waals surface area contributed by atoms with Gasteiger partial charge < -0.3 is 9.84 Å². The van der Waals surface area contributed by atoms with E-state index in [-0.39, 0.29) is 16.7 Å². The lowest BCUT2D eigenvalue weighted by molar-refractivity contribution is -0.139. The number of carboxylic acid groups (broad SMARTS) is 1. The Morgan fingerprint density at radius 2 is 2.24 bits per heavy atom. The van der Waals surface area contributed by atoms with Crippen LogP contribution in [0.1, 0.15) is 0 Å². The summed E-state index contributed by atoms with van der Waals surface area (Å²) in [7, 11) is -3.44. The normalized spacial score (nSPS) is 10.9. The Balaban J connectivity index is 2.83. The third-order valence-electron chi connectivity index (χ3n) is 1.46. The summed E-state index contributed by atoms with van der Waals surface area (Å²) in [6, 6.07) is 2.63. The fraction of sp³-hybridized carbons (Fsp3) is 0.250. The van der Waals surface area contributed by atoms with Crippen LogP contribution in [0.25, 0.3) is 0 Å². The number of pyridine rings is 1. The van der Waals surface area contributed by atoms with Crippen molar-refractivity contribution in [3.63, 3.8) is 0 Å². The number of aliphatic carboxylic acids is 1. The molecular weight excluding hydrogens is 272 g/mol. The van der Waals surface area contributed by atoms with Crippen LogP contribution in [0.5, 0.6) is 5.75 Å². The highest BCUT2D eigenvalue weighted by atomic mass is 35.5. The maximum Gasteiger partial charge on any atom is 0.341 e. The van der Waals surface area contributed by atoms with E-state index in [0.717, 1.165) is 6.26 Å². The molecule has 0 radical (unpaired) electrons. The van der Waals surface area contributed by atoms with Gasteiger partial charge in [0.15, 0.2) is 17.5 Å². The van der Waals surface area contributed by atoms with E-state index in [1.54, 1.807) is 0 Å². The van der Waals surface area contributed by atoms with Crippen molar-refractivity contribution in [1.82, 2.24) is 4.98 Å². The van der Waals surface area contributed by atoms with Gasteiger partial charge in [-0.05, 0) is 12.1 Å². The number of carboxylic acids is 1. The summed E-state index contributed by atoms with van der Waals surface area (Å²) in [5.41, 5.74) is 0. The number of carbonyl (C=O) groups is 1. The SMILES string of the molecule is CS(=O)(=O)Nc1ccc(OCC(=O)O)c(Cl)n1. The Bertz CT molecular complexity index is 531. The molecule has 0 fully saturated rings. The van der Waals surface area contributed by atoms with Crippen molar-refractivity contribution in [3.8, 4) is 5.75 Å². The molecule has 7 nitrogen and oxygen atoms in total. The van der Waals surface area contributed by atoms with Gasteiger partial charge in [0.1, 0.15) is 5.82 Å². The minimum absolute atomic E-state index is 0.0279. The van der Waals surface area contributed by atoms with Crippen LogP contribution < -0.4 is 9.46 Å². The van der Waals surface area contributed by atoms with Gasteiger partial charge in [-0.15, -0.1) is 0 Å². The van der Waals surface area contributed by atoms with E-state index in [4.69, 9.17) is 21.4 Å². The van der Waals surface area contributed by atoms with Crippen LogP contribution >= 0.6 is 11.6 Å². The second-order valence-corrected chi connectivity index (χ2v) is 5.15. The Kier molecular flexibility index (Phi) is 4.13.